The van der Waals surface area contributed by atoms with Crippen LogP contribution in [0.5, 0.6) is 0 Å². The van der Waals surface area contributed by atoms with Crippen LogP contribution in [0.15, 0.2) is 22.7 Å². The molecule has 140 valence electrons. The van der Waals surface area contributed by atoms with Crippen molar-refractivity contribution in [1.29, 1.82) is 0 Å². The Hall–Kier alpha value is -1.93. The maximum absolute atomic E-state index is 12.4. The van der Waals surface area contributed by atoms with E-state index in [0.29, 0.717) is 48.6 Å². The third kappa shape index (κ3) is 3.76. The Labute approximate surface area is 161 Å². The van der Waals surface area contributed by atoms with Gasteiger partial charge in [0, 0.05) is 30.7 Å². The number of piperazine rings is 1. The Balaban J connectivity index is 1.62. The predicted molar refractivity (Wildman–Crippen MR) is 100 cm³/mol. The van der Waals surface area contributed by atoms with Crippen LogP contribution in [0.4, 0.5) is 10.5 Å². The molecule has 7 nitrogen and oxygen atoms in total. The molecule has 1 saturated heterocycles. The third-order valence-corrected chi connectivity index (χ3v) is 4.98. The highest BCUT2D eigenvalue weighted by Crippen LogP contribution is 2.34. The van der Waals surface area contributed by atoms with Crippen molar-refractivity contribution in [2.24, 2.45) is 0 Å². The summed E-state index contributed by atoms with van der Waals surface area (Å²) in [7, 11) is 0. The Bertz CT molecular complexity index is 751. The van der Waals surface area contributed by atoms with E-state index in [0.717, 1.165) is 0 Å². The van der Waals surface area contributed by atoms with E-state index in [1.807, 2.05) is 26.8 Å². The lowest BCUT2D eigenvalue weighted by molar-refractivity contribution is -0.114. The molecular weight excluding hydrogens is 402 g/mol. The Morgan fingerprint density at radius 3 is 2.42 bits per heavy atom. The fraction of sp³-hybridized carbons (Fsp3) is 0.500. The highest BCUT2D eigenvalue weighted by atomic mass is 79.9. The van der Waals surface area contributed by atoms with E-state index in [2.05, 4.69) is 20.8 Å². The molecule has 8 heteroatoms. The minimum Gasteiger partial charge on any atom is -0.444 e. The zero-order valence-electron chi connectivity index (χ0n) is 15.1. The molecule has 2 aliphatic heterocycles. The summed E-state index contributed by atoms with van der Waals surface area (Å²) < 4.78 is 6.02. The molecule has 3 rings (SSSR count). The highest BCUT2D eigenvalue weighted by Gasteiger charge is 2.38. The smallest absolute Gasteiger partial charge is 0.410 e. The number of fused-ring (bicyclic) bond motifs is 1. The van der Waals surface area contributed by atoms with Gasteiger partial charge < -0.3 is 9.64 Å². The number of rotatable bonds is 2. The number of carbonyl (C=O) groups excluding carboxylic acids is 3. The van der Waals surface area contributed by atoms with Crippen LogP contribution in [0.2, 0.25) is 0 Å². The maximum atomic E-state index is 12.4. The molecule has 1 fully saturated rings. The molecule has 0 atom stereocenters. The molecule has 2 amide bonds. The summed E-state index contributed by atoms with van der Waals surface area (Å²) in [6.07, 6.45) is -0.321. The largest absolute Gasteiger partial charge is 0.444 e. The van der Waals surface area contributed by atoms with E-state index >= 15 is 0 Å². The number of amides is 2. The van der Waals surface area contributed by atoms with Gasteiger partial charge in [-0.05, 0) is 48.8 Å². The molecule has 1 aromatic carbocycles. The number of hydrogen-bond acceptors (Lipinski definition) is 5. The first kappa shape index (κ1) is 18.8. The number of benzene rings is 1. The summed E-state index contributed by atoms with van der Waals surface area (Å²) in [4.78, 5) is 42.0. The molecule has 26 heavy (non-hydrogen) atoms. The van der Waals surface area contributed by atoms with Gasteiger partial charge in [0.25, 0.3) is 5.78 Å². The van der Waals surface area contributed by atoms with Gasteiger partial charge in [0.15, 0.2) is 0 Å². The lowest BCUT2D eigenvalue weighted by Gasteiger charge is -2.37. The lowest BCUT2D eigenvalue weighted by atomic mass is 10.1. The van der Waals surface area contributed by atoms with Crippen LogP contribution in [0.1, 0.15) is 31.1 Å². The molecule has 2 aliphatic rings. The average Bonchev–Trinajstić information content (AvgIpc) is 2.80. The molecule has 2 heterocycles. The zero-order valence-corrected chi connectivity index (χ0v) is 16.7. The predicted octanol–water partition coefficient (Wildman–Crippen LogP) is 2.49. The molecule has 1 aromatic rings. The summed E-state index contributed by atoms with van der Waals surface area (Å²) in [6, 6.07) is 5.34. The molecule has 0 N–H and O–H groups in total. The summed E-state index contributed by atoms with van der Waals surface area (Å²) in [6.45, 7) is 8.12. The molecular formula is C18H22BrN3O4. The molecule has 0 aromatic heterocycles. The van der Waals surface area contributed by atoms with E-state index in [4.69, 9.17) is 4.74 Å². The Kier molecular flexibility index (Phi) is 5.07. The number of hydrogen-bond donors (Lipinski definition) is 0. The summed E-state index contributed by atoms with van der Waals surface area (Å²) in [5, 5.41) is 0. The van der Waals surface area contributed by atoms with E-state index in [1.54, 1.807) is 17.0 Å². The second-order valence-corrected chi connectivity index (χ2v) is 8.28. The van der Waals surface area contributed by atoms with Gasteiger partial charge in [-0.25, -0.2) is 4.79 Å². The van der Waals surface area contributed by atoms with Crippen molar-refractivity contribution in [2.45, 2.75) is 26.4 Å². The maximum Gasteiger partial charge on any atom is 0.410 e. The lowest BCUT2D eigenvalue weighted by Crippen LogP contribution is -2.53. The number of carbonyl (C=O) groups is 3. The Morgan fingerprint density at radius 1 is 1.15 bits per heavy atom. The number of halogens is 1. The first-order chi connectivity index (χ1) is 12.2. The van der Waals surface area contributed by atoms with Crippen LogP contribution in [0.25, 0.3) is 0 Å². The van der Waals surface area contributed by atoms with Crippen molar-refractivity contribution in [1.82, 2.24) is 9.80 Å². The van der Waals surface area contributed by atoms with Crippen molar-refractivity contribution >= 4 is 39.4 Å². The van der Waals surface area contributed by atoms with Crippen LogP contribution >= 0.6 is 15.9 Å². The van der Waals surface area contributed by atoms with Gasteiger partial charge in [-0.1, -0.05) is 6.07 Å². The van der Waals surface area contributed by atoms with Gasteiger partial charge in [-0.2, -0.15) is 0 Å². The third-order valence-electron chi connectivity index (χ3n) is 4.31. The van der Waals surface area contributed by atoms with Crippen molar-refractivity contribution in [2.75, 3.05) is 37.7 Å². The van der Waals surface area contributed by atoms with Crippen LogP contribution in [-0.2, 0) is 9.53 Å². The van der Waals surface area contributed by atoms with Gasteiger partial charge in [0.2, 0.25) is 0 Å². The second kappa shape index (κ2) is 7.00. The fourth-order valence-corrected chi connectivity index (χ4v) is 3.58. The van der Waals surface area contributed by atoms with Crippen LogP contribution in [0, 0.1) is 0 Å². The minimum atomic E-state index is -0.520. The van der Waals surface area contributed by atoms with E-state index in [-0.39, 0.29) is 6.09 Å². The molecule has 0 radical (unpaired) electrons. The molecule has 0 unspecified atom stereocenters. The van der Waals surface area contributed by atoms with Gasteiger partial charge >= 0.3 is 12.0 Å². The molecule has 0 bridgehead atoms. The number of ketones is 1. The summed E-state index contributed by atoms with van der Waals surface area (Å²) in [5.74, 6) is -0.999. The second-order valence-electron chi connectivity index (χ2n) is 7.42. The van der Waals surface area contributed by atoms with E-state index in [1.165, 1.54) is 4.90 Å². The molecule has 0 spiro atoms. The Morgan fingerprint density at radius 2 is 1.81 bits per heavy atom. The number of Topliss-reactive ketones (excluding diaryl/α,β-unsaturated/α-hetero) is 1. The highest BCUT2D eigenvalue weighted by molar-refractivity contribution is 9.10. The van der Waals surface area contributed by atoms with Gasteiger partial charge in [0.1, 0.15) is 5.60 Å². The average molecular weight is 424 g/mol. The number of anilines is 1. The number of nitrogens with zero attached hydrogens (tertiary/aromatic N) is 3. The first-order valence-electron chi connectivity index (χ1n) is 8.52. The van der Waals surface area contributed by atoms with Gasteiger partial charge in [-0.15, -0.1) is 0 Å². The summed E-state index contributed by atoms with van der Waals surface area (Å²) >= 11 is 3.34. The SMILES string of the molecule is CC(C)(C)OC(=O)N1CCN(CN2C(=O)C(=O)c3c(Br)cccc32)CC1. The van der Waals surface area contributed by atoms with Gasteiger partial charge in [-0.3, -0.25) is 19.4 Å². The summed E-state index contributed by atoms with van der Waals surface area (Å²) in [5.41, 5.74) is 0.530. The zero-order chi connectivity index (χ0) is 19.1. The van der Waals surface area contributed by atoms with E-state index < -0.39 is 17.3 Å². The fourth-order valence-electron chi connectivity index (χ4n) is 3.04. The topological polar surface area (TPSA) is 70.2 Å². The van der Waals surface area contributed by atoms with Crippen LogP contribution < -0.4 is 4.90 Å². The van der Waals surface area contributed by atoms with Crippen molar-refractivity contribution in [3.8, 4) is 0 Å². The quantitative estimate of drug-likeness (QED) is 0.683. The monoisotopic (exact) mass is 423 g/mol. The standard InChI is InChI=1S/C18H22BrN3O4/c1-18(2,3)26-17(25)21-9-7-20(8-10-21)11-22-13-6-4-5-12(19)14(13)15(23)16(22)24/h4-6H,7-11H2,1-3H3. The normalized spacial score (nSPS) is 18.3. The van der Waals surface area contributed by atoms with Crippen molar-refractivity contribution in [3.05, 3.63) is 28.2 Å². The van der Waals surface area contributed by atoms with Crippen molar-refractivity contribution < 1.29 is 19.1 Å². The first-order valence-corrected chi connectivity index (χ1v) is 9.31. The molecule has 0 aliphatic carbocycles. The number of ether oxygens (including phenoxy) is 1. The van der Waals surface area contributed by atoms with Crippen LogP contribution in [0.3, 0.4) is 0 Å². The minimum absolute atomic E-state index is 0.321. The van der Waals surface area contributed by atoms with Crippen molar-refractivity contribution in [3.63, 3.8) is 0 Å². The van der Waals surface area contributed by atoms with Gasteiger partial charge in [0.05, 0.1) is 17.9 Å². The van der Waals surface area contributed by atoms with E-state index in [9.17, 15) is 14.4 Å². The molecule has 0 saturated carbocycles. The van der Waals surface area contributed by atoms with Crippen LogP contribution in [-0.4, -0.2) is 66.0 Å².